The number of ether oxygens (including phenoxy) is 3. The molecule has 200 valence electrons. The number of rotatable bonds is 5. The highest BCUT2D eigenvalue weighted by Gasteiger charge is 2.67. The number of methoxy groups -OCH3 is 1. The molecule has 1 aliphatic heterocycles. The molecule has 12 atom stereocenters. The lowest BCUT2D eigenvalue weighted by atomic mass is 9.43. The van der Waals surface area contributed by atoms with Crippen molar-refractivity contribution < 1.29 is 24.1 Å². The molecule has 1 heterocycles. The summed E-state index contributed by atoms with van der Waals surface area (Å²) < 4.78 is 18.6. The minimum atomic E-state index is -0.682. The molecule has 6 nitrogen and oxygen atoms in total. The maximum Gasteiger partial charge on any atom is 0.160 e. The molecule has 0 spiro atoms. The summed E-state index contributed by atoms with van der Waals surface area (Å²) in [5.41, 5.74) is -0.679. The maximum atomic E-state index is 12.4. The van der Waals surface area contributed by atoms with Crippen molar-refractivity contribution in [1.29, 1.82) is 0 Å². The van der Waals surface area contributed by atoms with Gasteiger partial charge in [-0.05, 0) is 102 Å². The second-order valence-corrected chi connectivity index (χ2v) is 13.2. The molecule has 5 aliphatic rings. The van der Waals surface area contributed by atoms with Crippen LogP contribution in [0.1, 0.15) is 91.9 Å². The average Bonchev–Trinajstić information content (AvgIpc) is 3.10. The van der Waals surface area contributed by atoms with Crippen LogP contribution in [0, 0.1) is 34.5 Å². The summed E-state index contributed by atoms with van der Waals surface area (Å²) in [7, 11) is 3.74. The lowest BCUT2D eigenvalue weighted by molar-refractivity contribution is -0.257. The Balaban J connectivity index is 1.26. The van der Waals surface area contributed by atoms with E-state index in [0.717, 1.165) is 64.2 Å². The Morgan fingerprint density at radius 1 is 1.03 bits per heavy atom. The van der Waals surface area contributed by atoms with Gasteiger partial charge < -0.3 is 24.6 Å². The topological polar surface area (TPSA) is 77.0 Å². The molecule has 0 amide bonds. The van der Waals surface area contributed by atoms with Gasteiger partial charge in [-0.25, -0.2) is 0 Å². The third kappa shape index (κ3) is 3.96. The number of aliphatic hydroxyl groups is 1. The Bertz CT molecular complexity index is 806. The van der Waals surface area contributed by atoms with E-state index in [0.29, 0.717) is 17.8 Å². The second kappa shape index (κ2) is 9.34. The third-order valence-corrected chi connectivity index (χ3v) is 12.0. The minimum absolute atomic E-state index is 0.0273. The van der Waals surface area contributed by atoms with E-state index in [1.807, 2.05) is 7.05 Å². The van der Waals surface area contributed by atoms with E-state index in [9.17, 15) is 9.90 Å². The van der Waals surface area contributed by atoms with Crippen LogP contribution >= 0.6 is 0 Å². The van der Waals surface area contributed by atoms with Gasteiger partial charge in [-0.3, -0.25) is 4.79 Å². The fourth-order valence-electron chi connectivity index (χ4n) is 9.94. The van der Waals surface area contributed by atoms with Crippen LogP contribution in [-0.4, -0.2) is 61.3 Å². The van der Waals surface area contributed by atoms with Gasteiger partial charge >= 0.3 is 0 Å². The number of carbonyl (C=O) groups excluding carboxylic acids is 1. The van der Waals surface area contributed by atoms with Gasteiger partial charge in [0.15, 0.2) is 6.29 Å². The first-order valence-electron chi connectivity index (χ1n) is 14.3. The van der Waals surface area contributed by atoms with Crippen LogP contribution in [0.2, 0.25) is 0 Å². The predicted molar refractivity (Wildman–Crippen MR) is 135 cm³/mol. The van der Waals surface area contributed by atoms with Gasteiger partial charge in [0.25, 0.3) is 0 Å². The number of hydrogen-bond donors (Lipinski definition) is 2. The van der Waals surface area contributed by atoms with Crippen molar-refractivity contribution in [3.05, 3.63) is 0 Å². The van der Waals surface area contributed by atoms with E-state index < -0.39 is 5.60 Å². The van der Waals surface area contributed by atoms with Crippen LogP contribution in [0.15, 0.2) is 0 Å². The van der Waals surface area contributed by atoms with Crippen molar-refractivity contribution in [2.75, 3.05) is 14.2 Å². The molecule has 5 rings (SSSR count). The van der Waals surface area contributed by atoms with Gasteiger partial charge in [-0.1, -0.05) is 13.8 Å². The summed E-state index contributed by atoms with van der Waals surface area (Å²) in [6.45, 7) is 8.56. The summed E-state index contributed by atoms with van der Waals surface area (Å²) in [5, 5.41) is 15.5. The van der Waals surface area contributed by atoms with Gasteiger partial charge in [0, 0.05) is 24.9 Å². The number of carbonyl (C=O) groups is 1. The number of fused-ring (bicyclic) bond motifs is 5. The molecule has 0 unspecified atom stereocenters. The highest BCUT2D eigenvalue weighted by atomic mass is 16.7. The molecular formula is C29H49NO5. The Morgan fingerprint density at radius 3 is 2.49 bits per heavy atom. The van der Waals surface area contributed by atoms with Crippen LogP contribution in [0.4, 0.5) is 0 Å². The van der Waals surface area contributed by atoms with Gasteiger partial charge in [0.1, 0.15) is 5.78 Å². The second-order valence-electron chi connectivity index (χ2n) is 13.2. The molecule has 1 saturated heterocycles. The summed E-state index contributed by atoms with van der Waals surface area (Å²) in [4.78, 5) is 12.4. The predicted octanol–water partition coefficient (Wildman–Crippen LogP) is 4.47. The Morgan fingerprint density at radius 2 is 1.80 bits per heavy atom. The summed E-state index contributed by atoms with van der Waals surface area (Å²) in [6.07, 6.45) is 10.3. The summed E-state index contributed by atoms with van der Waals surface area (Å²) in [5.74, 6) is 1.80. The highest BCUT2D eigenvalue weighted by Crippen LogP contribution is 2.69. The molecule has 4 saturated carbocycles. The smallest absolute Gasteiger partial charge is 0.160 e. The van der Waals surface area contributed by atoms with E-state index in [1.165, 1.54) is 0 Å². The number of nitrogens with one attached hydrogen (secondary N) is 1. The molecule has 2 N–H and O–H groups in total. The van der Waals surface area contributed by atoms with Crippen LogP contribution in [0.5, 0.6) is 0 Å². The van der Waals surface area contributed by atoms with Gasteiger partial charge in [-0.2, -0.15) is 0 Å². The molecular weight excluding hydrogens is 442 g/mol. The fourth-order valence-corrected chi connectivity index (χ4v) is 9.94. The molecule has 0 aromatic heterocycles. The molecule has 6 heteroatoms. The van der Waals surface area contributed by atoms with E-state index in [-0.39, 0.29) is 53.2 Å². The maximum absolute atomic E-state index is 12.4. The van der Waals surface area contributed by atoms with Crippen molar-refractivity contribution in [1.82, 2.24) is 5.32 Å². The van der Waals surface area contributed by atoms with E-state index >= 15 is 0 Å². The zero-order valence-corrected chi connectivity index (χ0v) is 22.8. The SMILES string of the molecule is CN[C@H]1[C@@H](OC)C[C@H](O[C@H]2CC[C@@]3(C)[C@@H](CC[C@@H]4[C@@H]3CC[C@]3(C)[C@H](C(C)=O)CC[C@]43O)C2)O[C@@H]1C. The highest BCUT2D eigenvalue weighted by molar-refractivity contribution is 5.80. The fraction of sp³-hybridized carbons (Fsp3) is 0.966. The minimum Gasteiger partial charge on any atom is -0.389 e. The first-order chi connectivity index (χ1) is 16.6. The van der Waals surface area contributed by atoms with Gasteiger partial charge in [-0.15, -0.1) is 0 Å². The molecule has 4 aliphatic carbocycles. The number of likely N-dealkylation sites (N-methyl/N-ethyl adjacent to an activating group) is 1. The molecule has 0 radical (unpaired) electrons. The monoisotopic (exact) mass is 491 g/mol. The zero-order valence-electron chi connectivity index (χ0n) is 22.8. The largest absolute Gasteiger partial charge is 0.389 e. The number of Topliss-reactive ketones (excluding diaryl/α,β-unsaturated/α-hetero) is 1. The lowest BCUT2D eigenvalue weighted by Gasteiger charge is -2.63. The van der Waals surface area contributed by atoms with E-state index in [2.05, 4.69) is 26.1 Å². The summed E-state index contributed by atoms with van der Waals surface area (Å²) >= 11 is 0. The van der Waals surface area contributed by atoms with Crippen molar-refractivity contribution in [3.8, 4) is 0 Å². The van der Waals surface area contributed by atoms with Crippen LogP contribution in [0.3, 0.4) is 0 Å². The van der Waals surface area contributed by atoms with Crippen LogP contribution in [-0.2, 0) is 19.0 Å². The van der Waals surface area contributed by atoms with Gasteiger partial charge in [0.05, 0.1) is 30.0 Å². The van der Waals surface area contributed by atoms with Crippen molar-refractivity contribution >= 4 is 5.78 Å². The first-order valence-corrected chi connectivity index (χ1v) is 14.3. The molecule has 35 heavy (non-hydrogen) atoms. The molecule has 0 aromatic carbocycles. The quantitative estimate of drug-likeness (QED) is 0.553. The van der Waals surface area contributed by atoms with E-state index in [4.69, 9.17) is 14.2 Å². The Labute approximate surface area is 212 Å². The van der Waals surface area contributed by atoms with Crippen molar-refractivity contribution in [3.63, 3.8) is 0 Å². The standard InChI is InChI=1S/C29H49NO5/c1-17(31)21-11-14-29(32)23-8-7-19-15-20(9-12-27(19,3)22(23)10-13-28(21,29)4)35-25-16-24(33-6)26(30-5)18(2)34-25/h18-26,30,32H,7-16H2,1-6H3/t18-,19+,20+,21+,22+,23-,24+,25+,26-,27+,28-,29+/m1/s1. The lowest BCUT2D eigenvalue weighted by Crippen LogP contribution is -2.62. The Hall–Kier alpha value is -0.530. The number of ketones is 1. The first kappa shape index (κ1) is 26.1. The van der Waals surface area contributed by atoms with Crippen molar-refractivity contribution in [2.24, 2.45) is 34.5 Å². The number of hydrogen-bond acceptors (Lipinski definition) is 6. The average molecular weight is 492 g/mol. The van der Waals surface area contributed by atoms with Crippen LogP contribution < -0.4 is 5.32 Å². The third-order valence-electron chi connectivity index (χ3n) is 12.0. The zero-order chi connectivity index (χ0) is 25.2. The summed E-state index contributed by atoms with van der Waals surface area (Å²) in [6, 6.07) is 0.186. The molecule has 0 aromatic rings. The van der Waals surface area contributed by atoms with Crippen LogP contribution in [0.25, 0.3) is 0 Å². The van der Waals surface area contributed by atoms with Gasteiger partial charge in [0.2, 0.25) is 0 Å². The van der Waals surface area contributed by atoms with E-state index in [1.54, 1.807) is 14.0 Å². The Kier molecular flexibility index (Phi) is 6.96. The molecule has 0 bridgehead atoms. The van der Waals surface area contributed by atoms with Crippen molar-refractivity contribution in [2.45, 2.75) is 128 Å². The normalized spacial score (nSPS) is 54.0. The molecule has 5 fully saturated rings.